The molecular formula is C17H19N3O3. The van der Waals surface area contributed by atoms with Crippen molar-refractivity contribution in [1.29, 1.82) is 0 Å². The van der Waals surface area contributed by atoms with E-state index in [0.29, 0.717) is 13.0 Å². The summed E-state index contributed by atoms with van der Waals surface area (Å²) in [7, 11) is 0. The number of aryl methyl sites for hydroxylation is 2. The van der Waals surface area contributed by atoms with Crippen molar-refractivity contribution < 1.29 is 14.7 Å². The molecule has 6 nitrogen and oxygen atoms in total. The minimum atomic E-state index is -0.971. The van der Waals surface area contributed by atoms with Crippen molar-refractivity contribution in [2.24, 2.45) is 0 Å². The number of amides is 1. The van der Waals surface area contributed by atoms with E-state index < -0.39 is 12.0 Å². The molecule has 1 aliphatic rings. The summed E-state index contributed by atoms with van der Waals surface area (Å²) in [6, 6.07) is 8.74. The highest BCUT2D eigenvalue weighted by molar-refractivity contribution is 5.84. The highest BCUT2D eigenvalue weighted by Gasteiger charge is 2.34. The van der Waals surface area contributed by atoms with Gasteiger partial charge in [-0.2, -0.15) is 5.10 Å². The highest BCUT2D eigenvalue weighted by Crippen LogP contribution is 2.24. The average molecular weight is 313 g/mol. The SMILES string of the molecule is Cc1cc(C)n(CC(=O)N2Cc3ccccc3CC2C(=O)O)n1. The van der Waals surface area contributed by atoms with Crippen molar-refractivity contribution in [2.75, 3.05) is 0 Å². The van der Waals surface area contributed by atoms with Gasteiger partial charge in [-0.25, -0.2) is 4.79 Å². The zero-order valence-corrected chi connectivity index (χ0v) is 13.2. The first kappa shape index (κ1) is 15.3. The lowest BCUT2D eigenvalue weighted by Crippen LogP contribution is -2.49. The molecule has 0 spiro atoms. The van der Waals surface area contributed by atoms with Crippen molar-refractivity contribution in [2.45, 2.75) is 39.4 Å². The smallest absolute Gasteiger partial charge is 0.326 e. The number of fused-ring (bicyclic) bond motifs is 1. The average Bonchev–Trinajstić information content (AvgIpc) is 2.83. The zero-order chi connectivity index (χ0) is 16.6. The van der Waals surface area contributed by atoms with Crippen LogP contribution in [0.4, 0.5) is 0 Å². The van der Waals surface area contributed by atoms with Crippen LogP contribution in [-0.4, -0.2) is 37.7 Å². The van der Waals surface area contributed by atoms with Crippen LogP contribution in [0.15, 0.2) is 30.3 Å². The van der Waals surface area contributed by atoms with Gasteiger partial charge in [0, 0.05) is 18.7 Å². The quantitative estimate of drug-likeness (QED) is 0.932. The second-order valence-electron chi connectivity index (χ2n) is 5.93. The fourth-order valence-electron chi connectivity index (χ4n) is 3.06. The summed E-state index contributed by atoms with van der Waals surface area (Å²) >= 11 is 0. The van der Waals surface area contributed by atoms with Crippen LogP contribution in [0, 0.1) is 13.8 Å². The number of rotatable bonds is 3. The number of benzene rings is 1. The predicted octanol–water partition coefficient (Wildman–Crippen LogP) is 1.54. The number of carbonyl (C=O) groups excluding carboxylic acids is 1. The van der Waals surface area contributed by atoms with Crippen molar-refractivity contribution in [3.63, 3.8) is 0 Å². The van der Waals surface area contributed by atoms with E-state index in [2.05, 4.69) is 5.10 Å². The van der Waals surface area contributed by atoms with Gasteiger partial charge < -0.3 is 10.0 Å². The summed E-state index contributed by atoms with van der Waals surface area (Å²) in [5.74, 6) is -1.20. The molecule has 1 unspecified atom stereocenters. The summed E-state index contributed by atoms with van der Waals surface area (Å²) < 4.78 is 1.62. The monoisotopic (exact) mass is 313 g/mol. The van der Waals surface area contributed by atoms with E-state index in [1.54, 1.807) is 4.68 Å². The van der Waals surface area contributed by atoms with E-state index >= 15 is 0 Å². The Hall–Kier alpha value is -2.63. The van der Waals surface area contributed by atoms with E-state index in [0.717, 1.165) is 22.5 Å². The molecule has 0 saturated carbocycles. The second kappa shape index (κ2) is 5.87. The molecule has 0 radical (unpaired) electrons. The highest BCUT2D eigenvalue weighted by atomic mass is 16.4. The molecular weight excluding hydrogens is 294 g/mol. The van der Waals surface area contributed by atoms with Crippen LogP contribution in [-0.2, 0) is 29.1 Å². The minimum absolute atomic E-state index is 0.0611. The van der Waals surface area contributed by atoms with Crippen LogP contribution in [0.2, 0.25) is 0 Å². The van der Waals surface area contributed by atoms with Gasteiger partial charge in [0.25, 0.3) is 0 Å². The first-order chi connectivity index (χ1) is 11.0. The number of aliphatic carboxylic acids is 1. The molecule has 23 heavy (non-hydrogen) atoms. The lowest BCUT2D eigenvalue weighted by Gasteiger charge is -2.34. The van der Waals surface area contributed by atoms with Crippen molar-refractivity contribution in [1.82, 2.24) is 14.7 Å². The van der Waals surface area contributed by atoms with E-state index in [4.69, 9.17) is 0 Å². The molecule has 1 aromatic carbocycles. The van der Waals surface area contributed by atoms with Crippen molar-refractivity contribution in [3.05, 3.63) is 52.8 Å². The van der Waals surface area contributed by atoms with Crippen LogP contribution in [0.3, 0.4) is 0 Å². The van der Waals surface area contributed by atoms with Gasteiger partial charge in [0.15, 0.2) is 0 Å². The molecule has 1 amide bonds. The number of aromatic nitrogens is 2. The van der Waals surface area contributed by atoms with Gasteiger partial charge in [-0.05, 0) is 31.0 Å². The number of carboxylic acids is 1. The number of nitrogens with zero attached hydrogens (tertiary/aromatic N) is 3. The predicted molar refractivity (Wildman–Crippen MR) is 83.8 cm³/mol. The number of hydrogen-bond acceptors (Lipinski definition) is 3. The Labute approximate surface area is 134 Å². The molecule has 120 valence electrons. The lowest BCUT2D eigenvalue weighted by molar-refractivity contribution is -0.151. The van der Waals surface area contributed by atoms with Crippen LogP contribution >= 0.6 is 0 Å². The standard InChI is InChI=1S/C17H19N3O3/c1-11-7-12(2)20(18-11)10-16(21)19-9-14-6-4-3-5-13(14)8-15(19)17(22)23/h3-7,15H,8-10H2,1-2H3,(H,22,23). The molecule has 0 saturated heterocycles. The van der Waals surface area contributed by atoms with Crippen molar-refractivity contribution >= 4 is 11.9 Å². The maximum Gasteiger partial charge on any atom is 0.326 e. The van der Waals surface area contributed by atoms with E-state index in [1.807, 2.05) is 44.2 Å². The number of carbonyl (C=O) groups is 2. The Morgan fingerprint density at radius 1 is 1.26 bits per heavy atom. The molecule has 3 rings (SSSR count). The molecule has 0 bridgehead atoms. The maximum absolute atomic E-state index is 12.7. The maximum atomic E-state index is 12.7. The molecule has 0 aliphatic carbocycles. The van der Waals surface area contributed by atoms with E-state index in [-0.39, 0.29) is 12.5 Å². The Morgan fingerprint density at radius 3 is 2.57 bits per heavy atom. The normalized spacial score (nSPS) is 17.0. The molecule has 1 aromatic heterocycles. The molecule has 6 heteroatoms. The summed E-state index contributed by atoms with van der Waals surface area (Å²) in [6.45, 7) is 4.13. The number of carboxylic acid groups (broad SMARTS) is 1. The van der Waals surface area contributed by atoms with Gasteiger partial charge in [-0.15, -0.1) is 0 Å². The Bertz CT molecular complexity index is 766. The fraction of sp³-hybridized carbons (Fsp3) is 0.353. The van der Waals surface area contributed by atoms with Crippen LogP contribution < -0.4 is 0 Å². The molecule has 1 N–H and O–H groups in total. The van der Waals surface area contributed by atoms with Crippen LogP contribution in [0.25, 0.3) is 0 Å². The summed E-state index contributed by atoms with van der Waals surface area (Å²) in [5.41, 5.74) is 3.73. The Morgan fingerprint density at radius 2 is 1.96 bits per heavy atom. The van der Waals surface area contributed by atoms with Crippen LogP contribution in [0.1, 0.15) is 22.5 Å². The summed E-state index contributed by atoms with van der Waals surface area (Å²) in [5, 5.41) is 13.8. The number of hydrogen-bond donors (Lipinski definition) is 1. The van der Waals surface area contributed by atoms with Crippen molar-refractivity contribution in [3.8, 4) is 0 Å². The third kappa shape index (κ3) is 2.97. The lowest BCUT2D eigenvalue weighted by atomic mass is 9.94. The van der Waals surface area contributed by atoms with Gasteiger partial charge in [0.05, 0.1) is 5.69 Å². The van der Waals surface area contributed by atoms with Gasteiger partial charge in [0.2, 0.25) is 5.91 Å². The van der Waals surface area contributed by atoms with Gasteiger partial charge in [-0.3, -0.25) is 9.48 Å². The molecule has 2 heterocycles. The molecule has 1 aliphatic heterocycles. The third-order valence-corrected chi connectivity index (χ3v) is 4.24. The van der Waals surface area contributed by atoms with Gasteiger partial charge >= 0.3 is 5.97 Å². The Balaban J connectivity index is 1.86. The molecule has 1 atom stereocenters. The minimum Gasteiger partial charge on any atom is -0.480 e. The Kier molecular flexibility index (Phi) is 3.90. The molecule has 0 fully saturated rings. The summed E-state index contributed by atoms with van der Waals surface area (Å²) in [4.78, 5) is 25.7. The second-order valence-corrected chi connectivity index (χ2v) is 5.93. The van der Waals surface area contributed by atoms with E-state index in [9.17, 15) is 14.7 Å². The zero-order valence-electron chi connectivity index (χ0n) is 13.2. The third-order valence-electron chi connectivity index (χ3n) is 4.24. The van der Waals surface area contributed by atoms with Gasteiger partial charge in [-0.1, -0.05) is 24.3 Å². The first-order valence-electron chi connectivity index (χ1n) is 7.56. The summed E-state index contributed by atoms with van der Waals surface area (Å²) in [6.07, 6.45) is 0.342. The first-order valence-corrected chi connectivity index (χ1v) is 7.56. The fourth-order valence-corrected chi connectivity index (χ4v) is 3.06. The van der Waals surface area contributed by atoms with E-state index in [1.165, 1.54) is 4.90 Å². The topological polar surface area (TPSA) is 75.4 Å². The van der Waals surface area contributed by atoms with Gasteiger partial charge in [0.1, 0.15) is 12.6 Å². The molecule has 2 aromatic rings. The van der Waals surface area contributed by atoms with Crippen LogP contribution in [0.5, 0.6) is 0 Å². The largest absolute Gasteiger partial charge is 0.480 e.